The topological polar surface area (TPSA) is 135 Å². The van der Waals surface area contributed by atoms with Gasteiger partial charge in [0.2, 0.25) is 5.91 Å². The number of anilines is 2. The lowest BCUT2D eigenvalue weighted by atomic mass is 9.95. The first-order valence-electron chi connectivity index (χ1n) is 12.4. The Morgan fingerprint density at radius 1 is 1.11 bits per heavy atom. The maximum Gasteiger partial charge on any atom is 0.412 e. The largest absolute Gasteiger partial charge is 0.444 e. The summed E-state index contributed by atoms with van der Waals surface area (Å²) >= 11 is 0. The third-order valence-corrected chi connectivity index (χ3v) is 6.49. The smallest absolute Gasteiger partial charge is 0.412 e. The van der Waals surface area contributed by atoms with Gasteiger partial charge in [-0.1, -0.05) is 12.8 Å². The van der Waals surface area contributed by atoms with Gasteiger partial charge in [0.05, 0.1) is 16.9 Å². The number of amides is 2. The van der Waals surface area contributed by atoms with E-state index in [1.54, 1.807) is 52.2 Å². The van der Waals surface area contributed by atoms with Crippen molar-refractivity contribution in [2.45, 2.75) is 77.5 Å². The molecule has 196 valence electrons. The molecule has 1 aromatic carbocycles. The van der Waals surface area contributed by atoms with Crippen molar-refractivity contribution >= 4 is 34.6 Å². The first-order chi connectivity index (χ1) is 17.5. The molecular formula is C27H33N5O5. The van der Waals surface area contributed by atoms with E-state index in [0.717, 1.165) is 18.4 Å². The third-order valence-electron chi connectivity index (χ3n) is 6.49. The molecule has 1 atom stereocenters. The monoisotopic (exact) mass is 507 g/mol. The van der Waals surface area contributed by atoms with Gasteiger partial charge in [-0.15, -0.1) is 0 Å². The van der Waals surface area contributed by atoms with Crippen LogP contribution in [0.5, 0.6) is 0 Å². The molecular weight excluding hydrogens is 474 g/mol. The van der Waals surface area contributed by atoms with Crippen molar-refractivity contribution in [3.05, 3.63) is 58.2 Å². The lowest BCUT2D eigenvalue weighted by Gasteiger charge is -2.30. The molecule has 2 aromatic heterocycles. The Balaban J connectivity index is 1.58. The highest BCUT2D eigenvalue weighted by Gasteiger charge is 2.42. The molecule has 3 aromatic rings. The van der Waals surface area contributed by atoms with Gasteiger partial charge in [-0.2, -0.15) is 4.98 Å². The summed E-state index contributed by atoms with van der Waals surface area (Å²) in [6.45, 7) is 8.92. The SMILES string of the molecule is Cc1c(NC(=O)OC(C)(C)C)ccc2nc(NC3(C(=O)NC(C)c4ccncc4)CCCC3)oc(=O)c12. The molecule has 1 aliphatic carbocycles. The molecule has 0 saturated heterocycles. The van der Waals surface area contributed by atoms with Gasteiger partial charge in [-0.05, 0) is 82.9 Å². The summed E-state index contributed by atoms with van der Waals surface area (Å²) < 4.78 is 10.8. The molecule has 0 spiro atoms. The Morgan fingerprint density at radius 2 is 1.78 bits per heavy atom. The van der Waals surface area contributed by atoms with Crippen LogP contribution in [0, 0.1) is 6.92 Å². The fourth-order valence-corrected chi connectivity index (χ4v) is 4.58. The second-order valence-corrected chi connectivity index (χ2v) is 10.5. The minimum atomic E-state index is -0.939. The van der Waals surface area contributed by atoms with Gasteiger partial charge in [0.25, 0.3) is 6.01 Å². The molecule has 2 heterocycles. The second-order valence-electron chi connectivity index (χ2n) is 10.5. The molecule has 0 radical (unpaired) electrons. The number of aromatic nitrogens is 2. The van der Waals surface area contributed by atoms with E-state index in [-0.39, 0.29) is 23.3 Å². The van der Waals surface area contributed by atoms with Crippen molar-refractivity contribution in [1.29, 1.82) is 0 Å². The molecule has 2 amide bonds. The van der Waals surface area contributed by atoms with Crippen molar-refractivity contribution < 1.29 is 18.7 Å². The average Bonchev–Trinajstić information content (AvgIpc) is 3.30. The Bertz CT molecular complexity index is 1360. The van der Waals surface area contributed by atoms with Crippen LogP contribution in [0.1, 0.15) is 70.5 Å². The van der Waals surface area contributed by atoms with Gasteiger partial charge in [-0.3, -0.25) is 15.1 Å². The fraction of sp³-hybridized carbons (Fsp3) is 0.444. The van der Waals surface area contributed by atoms with E-state index < -0.39 is 22.9 Å². The standard InChI is InChI=1S/C27H33N5O5/c1-16-19(31-25(35)37-26(3,4)5)8-9-20-21(16)22(33)36-24(30-20)32-27(12-6-7-13-27)23(34)29-17(2)18-10-14-28-15-11-18/h8-11,14-15,17H,6-7,12-13H2,1-5H3,(H,29,34)(H,30,32)(H,31,35). The van der Waals surface area contributed by atoms with E-state index in [2.05, 4.69) is 25.9 Å². The van der Waals surface area contributed by atoms with Crippen LogP contribution in [0.2, 0.25) is 0 Å². The summed E-state index contributed by atoms with van der Waals surface area (Å²) in [5.41, 5.74) is 0.0584. The Hall–Kier alpha value is -3.95. The van der Waals surface area contributed by atoms with E-state index >= 15 is 0 Å². The predicted molar refractivity (Wildman–Crippen MR) is 140 cm³/mol. The Morgan fingerprint density at radius 3 is 2.43 bits per heavy atom. The summed E-state index contributed by atoms with van der Waals surface area (Å²) in [5.74, 6) is -0.174. The first-order valence-corrected chi connectivity index (χ1v) is 12.4. The molecule has 1 unspecified atom stereocenters. The molecule has 10 nitrogen and oxygen atoms in total. The molecule has 1 fully saturated rings. The quantitative estimate of drug-likeness (QED) is 0.431. The van der Waals surface area contributed by atoms with Gasteiger partial charge in [0, 0.05) is 18.1 Å². The zero-order valence-corrected chi connectivity index (χ0v) is 21.8. The van der Waals surface area contributed by atoms with E-state index in [4.69, 9.17) is 9.15 Å². The highest BCUT2D eigenvalue weighted by molar-refractivity contribution is 5.93. The highest BCUT2D eigenvalue weighted by Crippen LogP contribution is 2.34. The number of hydrogen-bond donors (Lipinski definition) is 3. The van der Waals surface area contributed by atoms with Gasteiger partial charge in [-0.25, -0.2) is 9.59 Å². The van der Waals surface area contributed by atoms with Crippen LogP contribution in [0.25, 0.3) is 10.9 Å². The van der Waals surface area contributed by atoms with E-state index in [9.17, 15) is 14.4 Å². The highest BCUT2D eigenvalue weighted by atomic mass is 16.6. The number of rotatable bonds is 6. The Labute approximate surface area is 215 Å². The minimum Gasteiger partial charge on any atom is -0.444 e. The van der Waals surface area contributed by atoms with Crippen LogP contribution < -0.4 is 21.6 Å². The summed E-state index contributed by atoms with van der Waals surface area (Å²) in [5, 5.41) is 9.13. The molecule has 10 heteroatoms. The Kier molecular flexibility index (Phi) is 7.20. The number of carbonyl (C=O) groups is 2. The maximum absolute atomic E-state index is 13.4. The van der Waals surface area contributed by atoms with Crippen molar-refractivity contribution in [3.63, 3.8) is 0 Å². The predicted octanol–water partition coefficient (Wildman–Crippen LogP) is 4.84. The fourth-order valence-electron chi connectivity index (χ4n) is 4.58. The van der Waals surface area contributed by atoms with Crippen LogP contribution in [-0.2, 0) is 9.53 Å². The van der Waals surface area contributed by atoms with Gasteiger partial charge in [0.15, 0.2) is 0 Å². The molecule has 1 aliphatic rings. The maximum atomic E-state index is 13.4. The molecule has 37 heavy (non-hydrogen) atoms. The normalized spacial score (nSPS) is 15.7. The summed E-state index contributed by atoms with van der Waals surface area (Å²) in [6.07, 6.45) is 5.64. The van der Waals surface area contributed by atoms with Crippen molar-refractivity contribution in [1.82, 2.24) is 15.3 Å². The zero-order chi connectivity index (χ0) is 26.8. The van der Waals surface area contributed by atoms with E-state index in [1.165, 1.54) is 0 Å². The van der Waals surface area contributed by atoms with Crippen molar-refractivity contribution in [2.75, 3.05) is 10.6 Å². The lowest BCUT2D eigenvalue weighted by molar-refractivity contribution is -0.126. The first kappa shape index (κ1) is 26.1. The molecule has 0 bridgehead atoms. The molecule has 1 saturated carbocycles. The van der Waals surface area contributed by atoms with Crippen LogP contribution in [0.3, 0.4) is 0 Å². The minimum absolute atomic E-state index is 0.0154. The number of pyridine rings is 1. The van der Waals surface area contributed by atoms with Crippen LogP contribution in [0.15, 0.2) is 45.9 Å². The van der Waals surface area contributed by atoms with Gasteiger partial charge >= 0.3 is 11.7 Å². The van der Waals surface area contributed by atoms with Crippen LogP contribution >= 0.6 is 0 Å². The van der Waals surface area contributed by atoms with E-state index in [0.29, 0.717) is 29.6 Å². The lowest BCUT2D eigenvalue weighted by Crippen LogP contribution is -2.51. The van der Waals surface area contributed by atoms with Crippen molar-refractivity contribution in [2.24, 2.45) is 0 Å². The number of fused-ring (bicyclic) bond motifs is 1. The van der Waals surface area contributed by atoms with Crippen molar-refractivity contribution in [3.8, 4) is 0 Å². The second kappa shape index (κ2) is 10.2. The number of hydrogen-bond acceptors (Lipinski definition) is 8. The molecule has 3 N–H and O–H groups in total. The zero-order valence-electron chi connectivity index (χ0n) is 21.8. The number of carbonyl (C=O) groups excluding carboxylic acids is 2. The van der Waals surface area contributed by atoms with Gasteiger partial charge in [0.1, 0.15) is 11.1 Å². The van der Waals surface area contributed by atoms with Crippen LogP contribution in [-0.4, -0.2) is 33.1 Å². The van der Waals surface area contributed by atoms with Gasteiger partial charge < -0.3 is 19.8 Å². The molecule has 0 aliphatic heterocycles. The number of nitrogens with zero attached hydrogens (tertiary/aromatic N) is 2. The summed E-state index contributed by atoms with van der Waals surface area (Å²) in [6, 6.07) is 6.77. The van der Waals surface area contributed by atoms with Crippen LogP contribution in [0.4, 0.5) is 16.5 Å². The van der Waals surface area contributed by atoms with E-state index in [1.807, 2.05) is 19.1 Å². The summed E-state index contributed by atoms with van der Waals surface area (Å²) in [7, 11) is 0. The summed E-state index contributed by atoms with van der Waals surface area (Å²) in [4.78, 5) is 47.1. The molecule has 4 rings (SSSR count). The number of benzene rings is 1. The number of ether oxygens (including phenoxy) is 1. The number of nitrogens with one attached hydrogen (secondary N) is 3. The average molecular weight is 508 g/mol. The third kappa shape index (κ3) is 5.90. The number of aryl methyl sites for hydroxylation is 1.